The highest BCUT2D eigenvalue weighted by molar-refractivity contribution is 9.10. The van der Waals surface area contributed by atoms with Gasteiger partial charge in [0.05, 0.1) is 6.20 Å². The van der Waals surface area contributed by atoms with E-state index in [-0.39, 0.29) is 0 Å². The van der Waals surface area contributed by atoms with Crippen LogP contribution in [0.2, 0.25) is 0 Å². The summed E-state index contributed by atoms with van der Waals surface area (Å²) >= 11 is 3.08. The molecule has 1 heterocycles. The Balaban J connectivity index is 2.80. The van der Waals surface area contributed by atoms with Gasteiger partial charge in [0, 0.05) is 0 Å². The number of hydrogen-bond donors (Lipinski definition) is 0. The first kappa shape index (κ1) is 6.28. The summed E-state index contributed by atoms with van der Waals surface area (Å²) in [4.78, 5) is 15.1. The molecule has 0 N–H and O–H groups in total. The molecule has 0 aliphatic rings. The van der Waals surface area contributed by atoms with Gasteiger partial charge in [0.2, 0.25) is 0 Å². The molecular weight excluding hydrogens is 188 g/mol. The minimum Gasteiger partial charge on any atom is -0.322 e. The molecule has 0 saturated heterocycles. The van der Waals surface area contributed by atoms with Crippen molar-refractivity contribution < 1.29 is 9.63 Å². The quantitative estimate of drug-likeness (QED) is 0.628. The smallest absolute Gasteiger partial charge is 0.322 e. The van der Waals surface area contributed by atoms with Crippen LogP contribution in [0.5, 0.6) is 0 Å². The van der Waals surface area contributed by atoms with Crippen LogP contribution in [0.3, 0.4) is 0 Å². The Morgan fingerprint density at radius 2 is 2.67 bits per heavy atom. The first-order chi connectivity index (χ1) is 4.34. The van der Waals surface area contributed by atoms with E-state index in [1.165, 1.54) is 6.20 Å². The van der Waals surface area contributed by atoms with Crippen molar-refractivity contribution in [3.63, 3.8) is 0 Å². The average Bonchev–Trinajstić information content (AvgIpc) is 2.18. The molecule has 0 radical (unpaired) electrons. The van der Waals surface area contributed by atoms with E-state index < -0.39 is 0 Å². The lowest BCUT2D eigenvalue weighted by atomic mass is 10.8. The summed E-state index contributed by atoms with van der Waals surface area (Å²) in [7, 11) is 0. The SMILES string of the molecule is O=COn1nccc1Br. The first-order valence-electron chi connectivity index (χ1n) is 2.15. The van der Waals surface area contributed by atoms with Gasteiger partial charge < -0.3 is 4.84 Å². The lowest BCUT2D eigenvalue weighted by molar-refractivity contribution is -0.130. The van der Waals surface area contributed by atoms with Gasteiger partial charge in [0.15, 0.2) is 0 Å². The highest BCUT2D eigenvalue weighted by Gasteiger charge is 1.94. The fourth-order valence-corrected chi connectivity index (χ4v) is 0.686. The summed E-state index contributed by atoms with van der Waals surface area (Å²) in [6.45, 7) is 0.303. The summed E-state index contributed by atoms with van der Waals surface area (Å²) < 4.78 is 0.606. The van der Waals surface area contributed by atoms with Crippen molar-refractivity contribution in [2.45, 2.75) is 0 Å². The maximum absolute atomic E-state index is 9.72. The molecule has 0 aliphatic carbocycles. The topological polar surface area (TPSA) is 44.1 Å². The zero-order valence-corrected chi connectivity index (χ0v) is 5.91. The van der Waals surface area contributed by atoms with Crippen LogP contribution in [0.25, 0.3) is 0 Å². The van der Waals surface area contributed by atoms with E-state index in [1.54, 1.807) is 6.07 Å². The number of rotatable bonds is 2. The molecule has 48 valence electrons. The van der Waals surface area contributed by atoms with Crippen LogP contribution in [-0.4, -0.2) is 16.4 Å². The van der Waals surface area contributed by atoms with Crippen molar-refractivity contribution >= 4 is 22.4 Å². The van der Waals surface area contributed by atoms with Gasteiger partial charge in [-0.1, -0.05) is 4.85 Å². The van der Waals surface area contributed by atoms with Crippen molar-refractivity contribution in [1.29, 1.82) is 0 Å². The van der Waals surface area contributed by atoms with Crippen LogP contribution >= 0.6 is 15.9 Å². The molecule has 0 aromatic carbocycles. The molecular formula is C4H3BrN2O2. The molecule has 0 saturated carbocycles. The van der Waals surface area contributed by atoms with E-state index in [2.05, 4.69) is 25.9 Å². The van der Waals surface area contributed by atoms with Crippen LogP contribution in [0.15, 0.2) is 16.9 Å². The molecule has 4 nitrogen and oxygen atoms in total. The zero-order valence-electron chi connectivity index (χ0n) is 4.32. The van der Waals surface area contributed by atoms with Gasteiger partial charge in [-0.15, -0.1) is 5.10 Å². The van der Waals surface area contributed by atoms with E-state index in [0.717, 1.165) is 4.85 Å². The van der Waals surface area contributed by atoms with Gasteiger partial charge in [-0.05, 0) is 22.0 Å². The predicted molar refractivity (Wildman–Crippen MR) is 32.6 cm³/mol. The van der Waals surface area contributed by atoms with Gasteiger partial charge in [0.25, 0.3) is 0 Å². The highest BCUT2D eigenvalue weighted by atomic mass is 79.9. The Kier molecular flexibility index (Phi) is 1.84. The molecule has 0 bridgehead atoms. The normalized spacial score (nSPS) is 9.00. The summed E-state index contributed by atoms with van der Waals surface area (Å²) in [6, 6.07) is 1.66. The second-order valence-electron chi connectivity index (χ2n) is 1.23. The molecule has 0 spiro atoms. The third-order valence-electron chi connectivity index (χ3n) is 0.709. The van der Waals surface area contributed by atoms with Crippen LogP contribution < -0.4 is 4.84 Å². The Morgan fingerprint density at radius 1 is 1.89 bits per heavy atom. The Bertz CT molecular complexity index is 210. The van der Waals surface area contributed by atoms with Crippen molar-refractivity contribution in [2.24, 2.45) is 0 Å². The van der Waals surface area contributed by atoms with Crippen LogP contribution in [0.1, 0.15) is 0 Å². The lowest BCUT2D eigenvalue weighted by Crippen LogP contribution is -2.10. The lowest BCUT2D eigenvalue weighted by Gasteiger charge is -1.93. The van der Waals surface area contributed by atoms with Crippen molar-refractivity contribution in [3.8, 4) is 0 Å². The standard InChI is InChI=1S/C4H3BrN2O2/c5-4-1-2-6-7(4)9-3-8/h1-3H. The van der Waals surface area contributed by atoms with Crippen LogP contribution in [0, 0.1) is 0 Å². The van der Waals surface area contributed by atoms with Crippen molar-refractivity contribution in [1.82, 2.24) is 9.94 Å². The number of halogens is 1. The molecule has 0 aliphatic heterocycles. The number of carbonyl (C=O) groups is 1. The van der Waals surface area contributed by atoms with E-state index in [4.69, 9.17) is 0 Å². The third kappa shape index (κ3) is 1.29. The van der Waals surface area contributed by atoms with E-state index >= 15 is 0 Å². The molecule has 1 rings (SSSR count). The molecule has 0 fully saturated rings. The average molecular weight is 191 g/mol. The molecule has 0 amide bonds. The first-order valence-corrected chi connectivity index (χ1v) is 2.94. The van der Waals surface area contributed by atoms with Crippen molar-refractivity contribution in [3.05, 3.63) is 16.9 Å². The number of carbonyl (C=O) groups excluding carboxylic acids is 1. The second kappa shape index (κ2) is 2.63. The fourth-order valence-electron chi connectivity index (χ4n) is 0.393. The van der Waals surface area contributed by atoms with E-state index in [1.807, 2.05) is 0 Å². The molecule has 0 unspecified atom stereocenters. The minimum absolute atomic E-state index is 0.303. The van der Waals surface area contributed by atoms with Crippen molar-refractivity contribution in [2.75, 3.05) is 0 Å². The molecule has 1 aromatic rings. The molecule has 5 heteroatoms. The van der Waals surface area contributed by atoms with E-state index in [0.29, 0.717) is 11.1 Å². The van der Waals surface area contributed by atoms with Crippen LogP contribution in [-0.2, 0) is 4.79 Å². The van der Waals surface area contributed by atoms with Gasteiger partial charge in [0.1, 0.15) is 4.60 Å². The summed E-state index contributed by atoms with van der Waals surface area (Å²) in [6.07, 6.45) is 1.51. The summed E-state index contributed by atoms with van der Waals surface area (Å²) in [5.41, 5.74) is 0. The second-order valence-corrected chi connectivity index (χ2v) is 2.04. The molecule has 9 heavy (non-hydrogen) atoms. The molecule has 0 atom stereocenters. The maximum atomic E-state index is 9.72. The van der Waals surface area contributed by atoms with Gasteiger partial charge in [-0.2, -0.15) is 0 Å². The minimum atomic E-state index is 0.303. The van der Waals surface area contributed by atoms with E-state index in [9.17, 15) is 4.79 Å². The number of nitrogens with zero attached hydrogens (tertiary/aromatic N) is 2. The fraction of sp³-hybridized carbons (Fsp3) is 0. The summed E-state index contributed by atoms with van der Waals surface area (Å²) in [5, 5.41) is 3.62. The van der Waals surface area contributed by atoms with Gasteiger partial charge >= 0.3 is 6.47 Å². The predicted octanol–water partition coefficient (Wildman–Crippen LogP) is 0.231. The number of aromatic nitrogens is 2. The van der Waals surface area contributed by atoms with Gasteiger partial charge in [-0.3, -0.25) is 4.79 Å². The Hall–Kier alpha value is -0.840. The number of hydrogen-bond acceptors (Lipinski definition) is 3. The van der Waals surface area contributed by atoms with Crippen LogP contribution in [0.4, 0.5) is 0 Å². The Labute approximate surface area is 59.5 Å². The monoisotopic (exact) mass is 190 g/mol. The highest BCUT2D eigenvalue weighted by Crippen LogP contribution is 2.04. The van der Waals surface area contributed by atoms with Gasteiger partial charge in [-0.25, -0.2) is 0 Å². The third-order valence-corrected chi connectivity index (χ3v) is 1.28. The Morgan fingerprint density at radius 3 is 3.11 bits per heavy atom. The molecule has 1 aromatic heterocycles. The zero-order chi connectivity index (χ0) is 6.69. The summed E-state index contributed by atoms with van der Waals surface area (Å²) in [5.74, 6) is 0. The maximum Gasteiger partial charge on any atom is 0.323 e. The largest absolute Gasteiger partial charge is 0.323 e.